The summed E-state index contributed by atoms with van der Waals surface area (Å²) in [5.74, 6) is 1.19. The third-order valence-corrected chi connectivity index (χ3v) is 30.7. The number of aromatic nitrogens is 2. The van der Waals surface area contributed by atoms with Crippen LogP contribution in [0.1, 0.15) is 169 Å². The van der Waals surface area contributed by atoms with Crippen molar-refractivity contribution >= 4 is 15.8 Å². The van der Waals surface area contributed by atoms with Crippen LogP contribution in [0.5, 0.6) is 0 Å². The fourth-order valence-corrected chi connectivity index (χ4v) is 31.5. The van der Waals surface area contributed by atoms with Crippen LogP contribution in [0.15, 0.2) is 83.8 Å². The van der Waals surface area contributed by atoms with Gasteiger partial charge in [-0.3, -0.25) is 9.13 Å². The number of hydrogen-bond acceptors (Lipinski definition) is 3. The summed E-state index contributed by atoms with van der Waals surface area (Å²) in [5, 5.41) is -0.654. The Balaban J connectivity index is 0.00000100. The van der Waals surface area contributed by atoms with E-state index in [9.17, 15) is 4.80 Å². The molecule has 0 fully saturated rings. The molecule has 0 aliphatic carbocycles. The smallest absolute Gasteiger partial charge is 0.396 e. The first kappa shape index (κ1) is 45.4. The van der Waals surface area contributed by atoms with Crippen LogP contribution in [0.25, 0.3) is 11.4 Å². The highest BCUT2D eigenvalue weighted by molar-refractivity contribution is 7.39. The Morgan fingerprint density at radius 3 is 1.07 bits per heavy atom. The van der Waals surface area contributed by atoms with Crippen LogP contribution in [-0.4, -0.2) is 36.9 Å². The topological polar surface area (TPSA) is 51.7 Å². The quantitative estimate of drug-likeness (QED) is 0.172. The first-order valence-electron chi connectivity index (χ1n) is 20.2. The molecule has 7 heteroatoms. The van der Waals surface area contributed by atoms with Gasteiger partial charge >= 0.3 is 8.24 Å². The van der Waals surface area contributed by atoms with E-state index in [1.165, 1.54) is 27.8 Å². The molecule has 1 aromatic heterocycles. The summed E-state index contributed by atoms with van der Waals surface area (Å²) in [6, 6.07) is 23.6. The lowest BCUT2D eigenvalue weighted by Gasteiger charge is -2.61. The first-order valence-corrected chi connectivity index (χ1v) is 25.0. The van der Waals surface area contributed by atoms with Crippen molar-refractivity contribution < 1.29 is 9.22 Å². The fourth-order valence-electron chi connectivity index (χ4n) is 10.2. The van der Waals surface area contributed by atoms with E-state index in [1.807, 2.05) is 18.2 Å². The Morgan fingerprint density at radius 1 is 0.537 bits per heavy atom. The minimum Gasteiger partial charge on any atom is -0.396 e. The molecule has 4 aromatic rings. The molecular formula is C47H75N3O2Si2. The molecule has 0 saturated carbocycles. The predicted octanol–water partition coefficient (Wildman–Crippen LogP) is 13.2. The molecule has 0 amide bonds. The zero-order valence-corrected chi connectivity index (χ0v) is 39.5. The van der Waals surface area contributed by atoms with Gasteiger partial charge in [0.15, 0.2) is 7.59 Å². The SMILES string of the molecule is CO[Si@](O)(N=c1n(-c2c(C(C)C)cccc2C(C)C)ccn1-c1c(C(C)C)cccc1C(C)C)[Si](C(C)(C)C)(C(C)(C)C)C(C)(C)C.Cc1ccccc1. The summed E-state index contributed by atoms with van der Waals surface area (Å²) in [4.78, 5) is 13.6. The number of para-hydroxylation sites is 2. The standard InChI is InChI=1S/C40H67N3O2Si2.C7H8/c1-27(2)31-21-19-22-32(28(3)4)35(31)42-25-26-43(36-33(29(5)6)23-20-24-34(36)30(7)8)37(42)41-47(44,45-18)46(38(9,10)11,39(12,13)14)40(15,16)17;1-7-5-3-2-4-6-7/h19-30,44H,1-18H3;2-6H,1H3/t47-;/m1./s1. The van der Waals surface area contributed by atoms with Gasteiger partial charge in [0, 0.05) is 19.5 Å². The van der Waals surface area contributed by atoms with Crippen LogP contribution in [0.3, 0.4) is 0 Å². The second kappa shape index (κ2) is 17.0. The lowest BCUT2D eigenvalue weighted by Crippen LogP contribution is -2.77. The third-order valence-electron chi connectivity index (χ3n) is 11.3. The van der Waals surface area contributed by atoms with E-state index in [0.29, 0.717) is 23.7 Å². The summed E-state index contributed by atoms with van der Waals surface area (Å²) in [5.41, 5.74) is 9.45. The van der Waals surface area contributed by atoms with Crippen molar-refractivity contribution in [2.45, 2.75) is 163 Å². The number of nitrogens with zero attached hydrogens (tertiary/aromatic N) is 3. The molecule has 0 spiro atoms. The normalized spacial score (nSPS) is 14.1. The lowest BCUT2D eigenvalue weighted by atomic mass is 9.92. The van der Waals surface area contributed by atoms with Crippen molar-refractivity contribution in [3.05, 3.63) is 113 Å². The molecule has 298 valence electrons. The van der Waals surface area contributed by atoms with Gasteiger partial charge in [0.05, 0.1) is 11.4 Å². The summed E-state index contributed by atoms with van der Waals surface area (Å²) in [7, 11) is -5.11. The summed E-state index contributed by atoms with van der Waals surface area (Å²) >= 11 is 0. The van der Waals surface area contributed by atoms with Gasteiger partial charge in [0.1, 0.15) is 0 Å². The zero-order valence-electron chi connectivity index (χ0n) is 37.5. The second-order valence-corrected chi connectivity index (χ2v) is 31.7. The first-order chi connectivity index (χ1) is 24.8. The second-order valence-electron chi connectivity index (χ2n) is 19.6. The van der Waals surface area contributed by atoms with E-state index in [0.717, 1.165) is 17.0 Å². The molecule has 3 aromatic carbocycles. The number of benzene rings is 3. The number of aryl methyl sites for hydroxylation is 1. The molecule has 1 N–H and O–H groups in total. The Labute approximate surface area is 332 Å². The van der Waals surface area contributed by atoms with Crippen LogP contribution in [0.4, 0.5) is 0 Å². The zero-order chi connectivity index (χ0) is 41.2. The highest BCUT2D eigenvalue weighted by Gasteiger charge is 2.75. The van der Waals surface area contributed by atoms with Crippen LogP contribution < -0.4 is 5.62 Å². The molecule has 0 saturated heterocycles. The van der Waals surface area contributed by atoms with Crippen LogP contribution in [0, 0.1) is 6.92 Å². The summed E-state index contributed by atoms with van der Waals surface area (Å²) < 4.78 is 16.9. The van der Waals surface area contributed by atoms with Crippen LogP contribution in [-0.2, 0) is 4.43 Å². The molecular weight excluding hydrogens is 695 g/mol. The van der Waals surface area contributed by atoms with Crippen molar-refractivity contribution in [1.29, 1.82) is 0 Å². The van der Waals surface area contributed by atoms with Gasteiger partial charge in [-0.25, -0.2) is 4.66 Å². The van der Waals surface area contributed by atoms with Gasteiger partial charge < -0.3 is 9.22 Å². The molecule has 1 atom stereocenters. The predicted molar refractivity (Wildman–Crippen MR) is 238 cm³/mol. The van der Waals surface area contributed by atoms with Gasteiger partial charge in [-0.1, -0.05) is 190 Å². The monoisotopic (exact) mass is 770 g/mol. The highest BCUT2D eigenvalue weighted by atomic mass is 29.3. The van der Waals surface area contributed by atoms with Crippen LogP contribution >= 0.6 is 0 Å². The summed E-state index contributed by atoms with van der Waals surface area (Å²) in [6.45, 7) is 41.0. The maximum Gasteiger partial charge on any atom is 0.450 e. The molecule has 0 aliphatic rings. The van der Waals surface area contributed by atoms with E-state index < -0.39 is 15.8 Å². The van der Waals surface area contributed by atoms with Crippen molar-refractivity contribution in [2.24, 2.45) is 4.66 Å². The molecule has 4 rings (SSSR count). The summed E-state index contributed by atoms with van der Waals surface area (Å²) in [6.07, 6.45) is 4.35. The molecule has 0 unspecified atom stereocenters. The van der Waals surface area contributed by atoms with E-state index in [4.69, 9.17) is 9.08 Å². The van der Waals surface area contributed by atoms with Gasteiger partial charge in [0.2, 0.25) is 5.62 Å². The average Bonchev–Trinajstić information content (AvgIpc) is 3.44. The minimum absolute atomic E-state index is 0.218. The molecule has 1 heterocycles. The maximum atomic E-state index is 13.6. The van der Waals surface area contributed by atoms with Crippen molar-refractivity contribution in [1.82, 2.24) is 9.13 Å². The van der Waals surface area contributed by atoms with E-state index in [-0.39, 0.29) is 15.1 Å². The van der Waals surface area contributed by atoms with Crippen molar-refractivity contribution in [3.8, 4) is 11.4 Å². The minimum atomic E-state index is -3.90. The molecule has 5 nitrogen and oxygen atoms in total. The maximum absolute atomic E-state index is 13.6. The van der Waals surface area contributed by atoms with Gasteiger partial charge in [-0.2, -0.15) is 0 Å². The van der Waals surface area contributed by atoms with E-state index >= 15 is 0 Å². The van der Waals surface area contributed by atoms with Crippen molar-refractivity contribution in [2.75, 3.05) is 7.11 Å². The number of imidazole rings is 1. The van der Waals surface area contributed by atoms with Gasteiger partial charge in [-0.05, 0) is 68.0 Å². The largest absolute Gasteiger partial charge is 0.450 e. The van der Waals surface area contributed by atoms with Gasteiger partial charge in [-0.15, -0.1) is 0 Å². The Hall–Kier alpha value is -2.98. The molecule has 0 bridgehead atoms. The van der Waals surface area contributed by atoms with E-state index in [1.54, 1.807) is 7.11 Å². The Kier molecular flexibility index (Phi) is 14.3. The van der Waals surface area contributed by atoms with E-state index in [2.05, 4.69) is 195 Å². The highest BCUT2D eigenvalue weighted by Crippen LogP contribution is 2.65. The van der Waals surface area contributed by atoms with Crippen LogP contribution in [0.2, 0.25) is 15.1 Å². The Bertz CT molecular complexity index is 1730. The number of rotatable bonds is 9. The molecule has 0 radical (unpaired) electrons. The molecule has 54 heavy (non-hydrogen) atoms. The van der Waals surface area contributed by atoms with Crippen molar-refractivity contribution in [3.63, 3.8) is 0 Å². The Morgan fingerprint density at radius 2 is 0.852 bits per heavy atom. The fraction of sp³-hybridized carbons (Fsp3) is 0.553. The van der Waals surface area contributed by atoms with Gasteiger partial charge in [0.25, 0.3) is 0 Å². The lowest BCUT2D eigenvalue weighted by molar-refractivity contribution is 0.299. The molecule has 0 aliphatic heterocycles. The third kappa shape index (κ3) is 8.70. The number of hydrogen-bond donors (Lipinski definition) is 1. The average molecular weight is 770 g/mol.